The van der Waals surface area contributed by atoms with Gasteiger partial charge in [-0.2, -0.15) is 0 Å². The molecule has 1 aliphatic heterocycles. The second-order valence-electron chi connectivity index (χ2n) is 5.07. The minimum absolute atomic E-state index is 0.0958. The molecule has 1 atom stereocenters. The van der Waals surface area contributed by atoms with E-state index in [9.17, 15) is 13.2 Å². The lowest BCUT2D eigenvalue weighted by Gasteiger charge is -2.40. The lowest BCUT2D eigenvalue weighted by molar-refractivity contribution is 0.0722. The standard InChI is InChI=1S/C12H19N3O3S/c1-12(19(2,17)18,15-8-4-3-5-9-15)10(16)11-13-6-7-14-11/h6-7H,3-5,8-9H2,1-2H3,(H,13,14). The van der Waals surface area contributed by atoms with Crippen LogP contribution in [0.4, 0.5) is 0 Å². The number of nitrogens with one attached hydrogen (secondary N) is 1. The topological polar surface area (TPSA) is 83.1 Å². The maximum atomic E-state index is 12.6. The summed E-state index contributed by atoms with van der Waals surface area (Å²) in [7, 11) is -3.57. The van der Waals surface area contributed by atoms with Gasteiger partial charge in [-0.15, -0.1) is 0 Å². The molecule has 0 spiro atoms. The number of H-pyrrole nitrogens is 1. The number of hydrogen-bond donors (Lipinski definition) is 1. The summed E-state index contributed by atoms with van der Waals surface area (Å²) in [6.45, 7) is 2.73. The van der Waals surface area contributed by atoms with Gasteiger partial charge in [-0.1, -0.05) is 6.42 Å². The van der Waals surface area contributed by atoms with Crippen LogP contribution in [-0.4, -0.2) is 53.3 Å². The highest BCUT2D eigenvalue weighted by Gasteiger charge is 2.49. The fraction of sp³-hybridized carbons (Fsp3) is 0.667. The van der Waals surface area contributed by atoms with Crippen molar-refractivity contribution in [3.8, 4) is 0 Å². The molecule has 19 heavy (non-hydrogen) atoms. The van der Waals surface area contributed by atoms with Gasteiger partial charge in [-0.3, -0.25) is 9.69 Å². The lowest BCUT2D eigenvalue weighted by Crippen LogP contribution is -2.59. The van der Waals surface area contributed by atoms with Crippen LogP contribution < -0.4 is 0 Å². The van der Waals surface area contributed by atoms with Crippen molar-refractivity contribution < 1.29 is 13.2 Å². The van der Waals surface area contributed by atoms with E-state index in [1.807, 2.05) is 0 Å². The number of likely N-dealkylation sites (tertiary alicyclic amines) is 1. The summed E-state index contributed by atoms with van der Waals surface area (Å²) in [4.78, 5) is 19.4. The van der Waals surface area contributed by atoms with Gasteiger partial charge in [-0.25, -0.2) is 13.4 Å². The Morgan fingerprint density at radius 3 is 2.47 bits per heavy atom. The molecule has 0 aliphatic carbocycles. The molecule has 7 heteroatoms. The number of carbonyl (C=O) groups excluding carboxylic acids is 1. The quantitative estimate of drug-likeness (QED) is 0.829. The molecular weight excluding hydrogens is 266 g/mol. The molecule has 0 saturated carbocycles. The minimum Gasteiger partial charge on any atom is -0.342 e. The highest BCUT2D eigenvalue weighted by atomic mass is 32.2. The maximum Gasteiger partial charge on any atom is 0.233 e. The summed E-state index contributed by atoms with van der Waals surface area (Å²) in [5.74, 6) is -0.389. The van der Waals surface area contributed by atoms with Crippen LogP contribution in [0.2, 0.25) is 0 Å². The van der Waals surface area contributed by atoms with Gasteiger partial charge in [0.15, 0.2) is 20.5 Å². The molecule has 2 heterocycles. The largest absolute Gasteiger partial charge is 0.342 e. The van der Waals surface area contributed by atoms with Gasteiger partial charge in [0.05, 0.1) is 0 Å². The van der Waals surface area contributed by atoms with Crippen molar-refractivity contribution in [3.63, 3.8) is 0 Å². The number of aromatic amines is 1. The zero-order valence-corrected chi connectivity index (χ0v) is 12.0. The lowest BCUT2D eigenvalue weighted by atomic mass is 10.1. The van der Waals surface area contributed by atoms with Crippen LogP contribution in [0, 0.1) is 0 Å². The molecule has 1 aromatic heterocycles. The number of rotatable bonds is 4. The predicted molar refractivity (Wildman–Crippen MR) is 71.6 cm³/mol. The number of hydrogen-bond acceptors (Lipinski definition) is 5. The molecule has 6 nitrogen and oxygen atoms in total. The number of aromatic nitrogens is 2. The number of imidazole rings is 1. The number of carbonyl (C=O) groups is 1. The van der Waals surface area contributed by atoms with Gasteiger partial charge < -0.3 is 4.98 Å². The van der Waals surface area contributed by atoms with E-state index in [1.54, 1.807) is 4.90 Å². The number of piperidine rings is 1. The summed E-state index contributed by atoms with van der Waals surface area (Å²) in [5, 5.41) is 0. The first-order valence-electron chi connectivity index (χ1n) is 6.36. The molecular formula is C12H19N3O3S. The molecule has 1 aromatic rings. The summed E-state index contributed by atoms with van der Waals surface area (Å²) in [5.41, 5.74) is 0. The molecule has 1 unspecified atom stereocenters. The molecule has 0 amide bonds. The van der Waals surface area contributed by atoms with Crippen LogP contribution in [0.1, 0.15) is 36.8 Å². The summed E-state index contributed by atoms with van der Waals surface area (Å²) >= 11 is 0. The van der Waals surface area contributed by atoms with E-state index in [0.29, 0.717) is 13.1 Å². The highest BCUT2D eigenvalue weighted by Crippen LogP contribution is 2.28. The van der Waals surface area contributed by atoms with Crippen molar-refractivity contribution in [3.05, 3.63) is 18.2 Å². The third-order valence-electron chi connectivity index (χ3n) is 3.82. The fourth-order valence-corrected chi connectivity index (χ4v) is 3.56. The second kappa shape index (κ2) is 5.05. The summed E-state index contributed by atoms with van der Waals surface area (Å²) < 4.78 is 24.4. The van der Waals surface area contributed by atoms with E-state index in [1.165, 1.54) is 19.3 Å². The van der Waals surface area contributed by atoms with E-state index in [0.717, 1.165) is 25.5 Å². The summed E-state index contributed by atoms with van der Waals surface area (Å²) in [6.07, 6.45) is 6.99. The van der Waals surface area contributed by atoms with Crippen molar-refractivity contribution >= 4 is 15.6 Å². The van der Waals surface area contributed by atoms with Crippen LogP contribution in [-0.2, 0) is 9.84 Å². The number of Topliss-reactive ketones (excluding diaryl/α,β-unsaturated/α-hetero) is 1. The van der Waals surface area contributed by atoms with Crippen molar-refractivity contribution in [2.75, 3.05) is 19.3 Å². The SMILES string of the molecule is CC(C(=O)c1ncc[nH]1)(N1CCCCC1)S(C)(=O)=O. The Balaban J connectivity index is 2.43. The zero-order chi connectivity index (χ0) is 14.1. The van der Waals surface area contributed by atoms with E-state index in [-0.39, 0.29) is 5.82 Å². The van der Waals surface area contributed by atoms with Gasteiger partial charge >= 0.3 is 0 Å². The third kappa shape index (κ3) is 2.44. The monoisotopic (exact) mass is 285 g/mol. The minimum atomic E-state index is -3.57. The van der Waals surface area contributed by atoms with Gasteiger partial charge in [-0.05, 0) is 19.8 Å². The Hall–Kier alpha value is -1.21. The Morgan fingerprint density at radius 1 is 1.37 bits per heavy atom. The van der Waals surface area contributed by atoms with Gasteiger partial charge in [0, 0.05) is 31.7 Å². The first-order chi connectivity index (χ1) is 8.87. The molecule has 0 bridgehead atoms. The Morgan fingerprint density at radius 2 is 2.00 bits per heavy atom. The van der Waals surface area contributed by atoms with Crippen LogP contribution >= 0.6 is 0 Å². The highest BCUT2D eigenvalue weighted by molar-refractivity contribution is 7.92. The van der Waals surface area contributed by atoms with Crippen LogP contribution in [0.5, 0.6) is 0 Å². The third-order valence-corrected chi connectivity index (χ3v) is 5.70. The molecule has 0 aromatic carbocycles. The van der Waals surface area contributed by atoms with Crippen molar-refractivity contribution in [2.45, 2.75) is 31.1 Å². The number of sulfone groups is 1. The zero-order valence-electron chi connectivity index (χ0n) is 11.2. The van der Waals surface area contributed by atoms with Crippen LogP contribution in [0.25, 0.3) is 0 Å². The van der Waals surface area contributed by atoms with E-state index in [2.05, 4.69) is 9.97 Å². The Labute approximate surface area is 113 Å². The molecule has 1 aliphatic rings. The predicted octanol–water partition coefficient (Wildman–Crippen LogP) is 0.839. The molecule has 106 valence electrons. The van der Waals surface area contributed by atoms with Gasteiger partial charge in [0.2, 0.25) is 5.78 Å². The first-order valence-corrected chi connectivity index (χ1v) is 8.25. The van der Waals surface area contributed by atoms with E-state index >= 15 is 0 Å². The van der Waals surface area contributed by atoms with E-state index in [4.69, 9.17) is 0 Å². The van der Waals surface area contributed by atoms with Crippen molar-refractivity contribution in [1.29, 1.82) is 0 Å². The van der Waals surface area contributed by atoms with Crippen LogP contribution in [0.15, 0.2) is 12.4 Å². The van der Waals surface area contributed by atoms with Gasteiger partial charge in [0.1, 0.15) is 0 Å². The Bertz CT molecular complexity index is 547. The first kappa shape index (κ1) is 14.2. The maximum absolute atomic E-state index is 12.6. The molecule has 0 radical (unpaired) electrons. The molecule has 2 rings (SSSR count). The smallest absolute Gasteiger partial charge is 0.233 e. The normalized spacial score (nSPS) is 20.9. The average molecular weight is 285 g/mol. The second-order valence-corrected chi connectivity index (χ2v) is 7.41. The number of nitrogens with zero attached hydrogens (tertiary/aromatic N) is 2. The van der Waals surface area contributed by atoms with Crippen molar-refractivity contribution in [1.82, 2.24) is 14.9 Å². The molecule has 1 fully saturated rings. The Kier molecular flexibility index (Phi) is 3.78. The van der Waals surface area contributed by atoms with Crippen molar-refractivity contribution in [2.24, 2.45) is 0 Å². The van der Waals surface area contributed by atoms with Gasteiger partial charge in [0.25, 0.3) is 0 Å². The number of ketones is 1. The summed E-state index contributed by atoms with van der Waals surface area (Å²) in [6, 6.07) is 0. The average Bonchev–Trinajstić information content (AvgIpc) is 2.90. The molecule has 1 N–H and O–H groups in total. The van der Waals surface area contributed by atoms with E-state index < -0.39 is 20.5 Å². The van der Waals surface area contributed by atoms with Crippen LogP contribution in [0.3, 0.4) is 0 Å². The fourth-order valence-electron chi connectivity index (χ4n) is 2.48. The molecule has 1 saturated heterocycles.